The third-order valence-electron chi connectivity index (χ3n) is 3.96. The lowest BCUT2D eigenvalue weighted by Gasteiger charge is -2.36. The average Bonchev–Trinajstić information content (AvgIpc) is 2.34. The summed E-state index contributed by atoms with van der Waals surface area (Å²) in [7, 11) is 3.85. The van der Waals surface area contributed by atoms with Crippen LogP contribution in [0.25, 0.3) is 0 Å². The number of aryl methyl sites for hydroxylation is 1. The Kier molecular flexibility index (Phi) is 3.21. The van der Waals surface area contributed by atoms with E-state index in [0.29, 0.717) is 24.6 Å². The lowest BCUT2D eigenvalue weighted by Crippen LogP contribution is -2.46. The molecule has 0 atom stereocenters. The first-order valence-corrected chi connectivity index (χ1v) is 6.90. The predicted molar refractivity (Wildman–Crippen MR) is 78.2 cm³/mol. The molecule has 1 saturated carbocycles. The molecule has 1 aliphatic carbocycles. The standard InChI is InChI=1S/C13H20N6O/c1-7-11-12(19(3)6-10(20)17-11)18-13(15-7)16-9-4-8(5-9)14-2/h8-9,14H,4-6H2,1-3H3,(H,17,20)(H,15,16,18). The molecule has 1 amide bonds. The summed E-state index contributed by atoms with van der Waals surface area (Å²) in [5.41, 5.74) is 1.51. The molecule has 20 heavy (non-hydrogen) atoms. The zero-order chi connectivity index (χ0) is 14.3. The Morgan fingerprint density at radius 1 is 1.30 bits per heavy atom. The van der Waals surface area contributed by atoms with E-state index in [1.807, 2.05) is 25.9 Å². The van der Waals surface area contributed by atoms with Crippen LogP contribution in [0.5, 0.6) is 0 Å². The van der Waals surface area contributed by atoms with Gasteiger partial charge in [-0.3, -0.25) is 4.79 Å². The van der Waals surface area contributed by atoms with Gasteiger partial charge in [0.25, 0.3) is 0 Å². The minimum Gasteiger partial charge on any atom is -0.351 e. The quantitative estimate of drug-likeness (QED) is 0.738. The highest BCUT2D eigenvalue weighted by Crippen LogP contribution is 2.31. The summed E-state index contributed by atoms with van der Waals surface area (Å²) >= 11 is 0. The zero-order valence-corrected chi connectivity index (χ0v) is 12.0. The summed E-state index contributed by atoms with van der Waals surface area (Å²) in [6, 6.07) is 1.02. The van der Waals surface area contributed by atoms with Crippen molar-refractivity contribution in [1.29, 1.82) is 0 Å². The van der Waals surface area contributed by atoms with Crippen molar-refractivity contribution < 1.29 is 4.79 Å². The molecule has 0 aromatic carbocycles. The van der Waals surface area contributed by atoms with E-state index in [-0.39, 0.29) is 5.91 Å². The molecular formula is C13H20N6O. The highest BCUT2D eigenvalue weighted by Gasteiger charge is 2.29. The van der Waals surface area contributed by atoms with Crippen molar-refractivity contribution in [2.24, 2.45) is 0 Å². The van der Waals surface area contributed by atoms with Crippen molar-refractivity contribution in [2.75, 3.05) is 36.2 Å². The van der Waals surface area contributed by atoms with Gasteiger partial charge in [-0.05, 0) is 26.8 Å². The Bertz CT molecular complexity index is 540. The summed E-state index contributed by atoms with van der Waals surface area (Å²) in [5.74, 6) is 1.40. The summed E-state index contributed by atoms with van der Waals surface area (Å²) in [5, 5.41) is 9.46. The molecule has 3 rings (SSSR count). The monoisotopic (exact) mass is 276 g/mol. The molecule has 7 heteroatoms. The number of carbonyl (C=O) groups excluding carboxylic acids is 1. The van der Waals surface area contributed by atoms with Crippen LogP contribution in [-0.2, 0) is 4.79 Å². The molecule has 0 spiro atoms. The fraction of sp³-hybridized carbons (Fsp3) is 0.615. The van der Waals surface area contributed by atoms with Crippen LogP contribution >= 0.6 is 0 Å². The minimum absolute atomic E-state index is 0.0248. The molecule has 7 nitrogen and oxygen atoms in total. The summed E-state index contributed by atoms with van der Waals surface area (Å²) in [6.45, 7) is 2.22. The van der Waals surface area contributed by atoms with Crippen molar-refractivity contribution in [2.45, 2.75) is 31.8 Å². The predicted octanol–water partition coefficient (Wildman–Crippen LogP) is 0.336. The van der Waals surface area contributed by atoms with E-state index < -0.39 is 0 Å². The minimum atomic E-state index is -0.0248. The van der Waals surface area contributed by atoms with E-state index in [4.69, 9.17) is 0 Å². The maximum atomic E-state index is 11.5. The van der Waals surface area contributed by atoms with E-state index >= 15 is 0 Å². The van der Waals surface area contributed by atoms with E-state index in [1.54, 1.807) is 0 Å². The molecule has 0 saturated heterocycles. The first-order valence-electron chi connectivity index (χ1n) is 6.90. The van der Waals surface area contributed by atoms with Gasteiger partial charge in [0.1, 0.15) is 5.69 Å². The number of hydrogen-bond acceptors (Lipinski definition) is 6. The van der Waals surface area contributed by atoms with Gasteiger partial charge in [0, 0.05) is 19.1 Å². The molecule has 2 heterocycles. The third-order valence-corrected chi connectivity index (χ3v) is 3.96. The number of hydrogen-bond donors (Lipinski definition) is 3. The average molecular weight is 276 g/mol. The van der Waals surface area contributed by atoms with Gasteiger partial charge in [-0.25, -0.2) is 4.98 Å². The Labute approximate surface area is 118 Å². The molecule has 1 aliphatic heterocycles. The summed E-state index contributed by atoms with van der Waals surface area (Å²) in [6.07, 6.45) is 2.17. The van der Waals surface area contributed by atoms with Gasteiger partial charge in [0.15, 0.2) is 5.82 Å². The van der Waals surface area contributed by atoms with Crippen LogP contribution in [0.4, 0.5) is 17.5 Å². The van der Waals surface area contributed by atoms with Crippen LogP contribution in [0.15, 0.2) is 0 Å². The van der Waals surface area contributed by atoms with Crippen LogP contribution in [0.2, 0.25) is 0 Å². The van der Waals surface area contributed by atoms with Crippen LogP contribution in [0.1, 0.15) is 18.5 Å². The molecule has 3 N–H and O–H groups in total. The number of rotatable bonds is 3. The van der Waals surface area contributed by atoms with Gasteiger partial charge in [-0.1, -0.05) is 0 Å². The molecule has 0 radical (unpaired) electrons. The van der Waals surface area contributed by atoms with Crippen molar-refractivity contribution in [3.63, 3.8) is 0 Å². The van der Waals surface area contributed by atoms with Crippen molar-refractivity contribution in [3.05, 3.63) is 5.69 Å². The first kappa shape index (κ1) is 13.1. The van der Waals surface area contributed by atoms with Gasteiger partial charge in [-0.15, -0.1) is 0 Å². The molecule has 0 unspecified atom stereocenters. The second-order valence-corrected chi connectivity index (χ2v) is 5.53. The lowest BCUT2D eigenvalue weighted by atomic mass is 9.87. The van der Waals surface area contributed by atoms with E-state index in [0.717, 1.165) is 30.0 Å². The van der Waals surface area contributed by atoms with Crippen molar-refractivity contribution in [1.82, 2.24) is 15.3 Å². The summed E-state index contributed by atoms with van der Waals surface area (Å²) in [4.78, 5) is 22.4. The fourth-order valence-electron chi connectivity index (χ4n) is 2.67. The molecule has 0 bridgehead atoms. The largest absolute Gasteiger partial charge is 0.351 e. The number of carbonyl (C=O) groups is 1. The van der Waals surface area contributed by atoms with Gasteiger partial charge in [0.05, 0.1) is 12.2 Å². The number of amides is 1. The number of nitrogens with one attached hydrogen (secondary N) is 3. The third kappa shape index (κ3) is 2.29. The summed E-state index contributed by atoms with van der Waals surface area (Å²) < 4.78 is 0. The number of nitrogens with zero attached hydrogens (tertiary/aromatic N) is 3. The SMILES string of the molecule is CNC1CC(Nc2nc(C)c3c(n2)N(C)CC(=O)N3)C1. The number of likely N-dealkylation sites (N-methyl/N-ethyl adjacent to an activating group) is 1. The number of aromatic nitrogens is 2. The topological polar surface area (TPSA) is 82.2 Å². The van der Waals surface area contributed by atoms with Crippen LogP contribution in [-0.4, -0.2) is 48.6 Å². The molecule has 2 aliphatic rings. The van der Waals surface area contributed by atoms with Crippen molar-refractivity contribution >= 4 is 23.4 Å². The van der Waals surface area contributed by atoms with Gasteiger partial charge in [0.2, 0.25) is 11.9 Å². The van der Waals surface area contributed by atoms with E-state index in [1.165, 1.54) is 0 Å². The van der Waals surface area contributed by atoms with Crippen LogP contribution < -0.4 is 20.9 Å². The van der Waals surface area contributed by atoms with Gasteiger partial charge < -0.3 is 20.9 Å². The van der Waals surface area contributed by atoms with Gasteiger partial charge in [-0.2, -0.15) is 4.98 Å². The normalized spacial score (nSPS) is 24.8. The molecule has 1 aromatic rings. The smallest absolute Gasteiger partial charge is 0.244 e. The maximum Gasteiger partial charge on any atom is 0.244 e. The molecule has 1 fully saturated rings. The van der Waals surface area contributed by atoms with Crippen LogP contribution in [0.3, 0.4) is 0 Å². The Hall–Kier alpha value is -1.89. The van der Waals surface area contributed by atoms with Crippen LogP contribution in [0, 0.1) is 6.92 Å². The molecule has 1 aromatic heterocycles. The Balaban J connectivity index is 1.79. The van der Waals surface area contributed by atoms with E-state index in [9.17, 15) is 4.79 Å². The first-order chi connectivity index (χ1) is 9.56. The number of anilines is 3. The molecule has 108 valence electrons. The van der Waals surface area contributed by atoms with Gasteiger partial charge >= 0.3 is 0 Å². The van der Waals surface area contributed by atoms with Crippen molar-refractivity contribution in [3.8, 4) is 0 Å². The maximum absolute atomic E-state index is 11.5. The Morgan fingerprint density at radius 2 is 2.05 bits per heavy atom. The lowest BCUT2D eigenvalue weighted by molar-refractivity contribution is -0.115. The zero-order valence-electron chi connectivity index (χ0n) is 12.0. The second kappa shape index (κ2) is 4.90. The fourth-order valence-corrected chi connectivity index (χ4v) is 2.67. The molecular weight excluding hydrogens is 256 g/mol. The number of fused-ring (bicyclic) bond motifs is 1. The highest BCUT2D eigenvalue weighted by atomic mass is 16.2. The van der Waals surface area contributed by atoms with E-state index in [2.05, 4.69) is 25.9 Å². The second-order valence-electron chi connectivity index (χ2n) is 5.53. The Morgan fingerprint density at radius 3 is 2.75 bits per heavy atom. The highest BCUT2D eigenvalue weighted by molar-refractivity contribution is 6.00.